The monoisotopic (exact) mass is 534 g/mol. The lowest BCUT2D eigenvalue weighted by molar-refractivity contribution is -0.671. The maximum Gasteiger partial charge on any atom is 0.311 e. The van der Waals surface area contributed by atoms with Crippen molar-refractivity contribution in [3.8, 4) is 0 Å². The molecule has 0 aromatic carbocycles. The molecule has 11 nitrogen and oxygen atoms in total. The number of ether oxygens (including phenoxy) is 3. The zero-order valence-corrected chi connectivity index (χ0v) is 23.5. The number of esters is 1. The quantitative estimate of drug-likeness (QED) is 0.133. The minimum absolute atomic E-state index is 0.137. The Morgan fingerprint density at radius 3 is 2.31 bits per heavy atom. The van der Waals surface area contributed by atoms with Crippen molar-refractivity contribution in [2.45, 2.75) is 65.5 Å². The number of amides is 1. The second kappa shape index (κ2) is 14.1. The number of aryl methyl sites for hydroxylation is 1. The van der Waals surface area contributed by atoms with Crippen molar-refractivity contribution in [3.63, 3.8) is 0 Å². The van der Waals surface area contributed by atoms with E-state index in [-0.39, 0.29) is 31.1 Å². The summed E-state index contributed by atoms with van der Waals surface area (Å²) in [6, 6.07) is -0.202. The van der Waals surface area contributed by atoms with E-state index in [0.29, 0.717) is 32.5 Å². The van der Waals surface area contributed by atoms with Crippen LogP contribution in [0.2, 0.25) is 0 Å². The number of nitrogens with one attached hydrogen (secondary N) is 1. The molecule has 2 N–H and O–H groups in total. The lowest BCUT2D eigenvalue weighted by Crippen LogP contribution is -2.50. The third-order valence-corrected chi connectivity index (χ3v) is 6.91. The zero-order valence-electron chi connectivity index (χ0n) is 22.7. The van der Waals surface area contributed by atoms with Gasteiger partial charge in [0, 0.05) is 19.4 Å². The summed E-state index contributed by atoms with van der Waals surface area (Å²) < 4.78 is 51.4. The average molecular weight is 535 g/mol. The van der Waals surface area contributed by atoms with Crippen LogP contribution in [-0.2, 0) is 41.0 Å². The molecule has 12 heteroatoms. The summed E-state index contributed by atoms with van der Waals surface area (Å²) >= 11 is 0. The third kappa shape index (κ3) is 11.8. The van der Waals surface area contributed by atoms with Gasteiger partial charge in [-0.05, 0) is 40.5 Å². The molecule has 1 rings (SSSR count). The van der Waals surface area contributed by atoms with Crippen LogP contribution in [0.4, 0.5) is 0 Å². The first-order valence-corrected chi connectivity index (χ1v) is 13.7. The van der Waals surface area contributed by atoms with E-state index >= 15 is 0 Å². The first-order valence-electron chi connectivity index (χ1n) is 12.1. The van der Waals surface area contributed by atoms with Crippen LogP contribution in [-0.4, -0.2) is 74.2 Å². The summed E-state index contributed by atoms with van der Waals surface area (Å²) in [4.78, 5) is 25.9. The second-order valence-electron chi connectivity index (χ2n) is 10.4. The highest BCUT2D eigenvalue weighted by Gasteiger charge is 2.38. The molecule has 1 heterocycles. The molecule has 0 aliphatic rings. The Balaban J connectivity index is 2.94. The van der Waals surface area contributed by atoms with Crippen LogP contribution in [0.25, 0.3) is 0 Å². The van der Waals surface area contributed by atoms with E-state index in [4.69, 9.17) is 14.2 Å². The van der Waals surface area contributed by atoms with Gasteiger partial charge in [0.15, 0.2) is 0 Å². The summed E-state index contributed by atoms with van der Waals surface area (Å²) in [7, 11) is -0.788. The standard InChI is InChI=1S/C24H43N3O8S/c1-8-19(21(28)25-24(4,5)17-36(30,31)32)15-20(27-10-9-26(6)18-27)16-23(2,3)22(29)35-14-13-34-12-11-33-7/h9-10,18-20H,8,11-17H2,1-7H3,(H-,25,28,30,31,32)/p+1. The van der Waals surface area contributed by atoms with Crippen molar-refractivity contribution >= 4 is 22.0 Å². The van der Waals surface area contributed by atoms with Gasteiger partial charge in [0.2, 0.25) is 12.2 Å². The molecule has 0 aliphatic heterocycles. The highest BCUT2D eigenvalue weighted by atomic mass is 32.2. The molecular weight excluding hydrogens is 490 g/mol. The van der Waals surface area contributed by atoms with Crippen LogP contribution in [0.15, 0.2) is 18.7 Å². The van der Waals surface area contributed by atoms with Gasteiger partial charge >= 0.3 is 5.97 Å². The number of nitrogens with zero attached hydrogens (tertiary/aromatic N) is 2. The van der Waals surface area contributed by atoms with Gasteiger partial charge in [0.1, 0.15) is 25.0 Å². The van der Waals surface area contributed by atoms with Crippen molar-refractivity contribution in [2.24, 2.45) is 18.4 Å². The number of hydrogen-bond acceptors (Lipinski definition) is 7. The number of imidazole rings is 1. The van der Waals surface area contributed by atoms with Crippen LogP contribution < -0.4 is 9.88 Å². The molecule has 0 spiro atoms. The van der Waals surface area contributed by atoms with Gasteiger partial charge in [-0.2, -0.15) is 8.42 Å². The van der Waals surface area contributed by atoms with E-state index in [1.165, 1.54) is 0 Å². The van der Waals surface area contributed by atoms with Gasteiger partial charge in [0.25, 0.3) is 10.1 Å². The van der Waals surface area contributed by atoms with Crippen molar-refractivity contribution < 1.29 is 41.3 Å². The molecule has 36 heavy (non-hydrogen) atoms. The third-order valence-electron chi connectivity index (χ3n) is 5.83. The van der Waals surface area contributed by atoms with Gasteiger partial charge < -0.3 is 19.5 Å². The number of methoxy groups -OCH3 is 1. The molecule has 1 amide bonds. The maximum atomic E-state index is 13.1. The molecule has 2 atom stereocenters. The van der Waals surface area contributed by atoms with Crippen LogP contribution in [0.5, 0.6) is 0 Å². The largest absolute Gasteiger partial charge is 0.463 e. The Hall–Kier alpha value is -2.02. The first-order chi connectivity index (χ1) is 16.6. The molecular formula is C24H44N3O8S+. The van der Waals surface area contributed by atoms with Crippen LogP contribution in [0, 0.1) is 11.3 Å². The molecule has 0 aliphatic carbocycles. The average Bonchev–Trinajstić information content (AvgIpc) is 3.17. The minimum Gasteiger partial charge on any atom is -0.463 e. The van der Waals surface area contributed by atoms with Crippen molar-refractivity contribution in [2.75, 3.05) is 39.3 Å². The fourth-order valence-electron chi connectivity index (χ4n) is 4.02. The van der Waals surface area contributed by atoms with Gasteiger partial charge in [-0.25, -0.2) is 9.13 Å². The van der Waals surface area contributed by atoms with Crippen molar-refractivity contribution in [3.05, 3.63) is 18.7 Å². The Labute approximate surface area is 215 Å². The molecule has 2 unspecified atom stereocenters. The number of carbonyl (C=O) groups is 2. The Kier molecular flexibility index (Phi) is 12.5. The summed E-state index contributed by atoms with van der Waals surface area (Å²) in [6.07, 6.45) is 7.03. The molecule has 208 valence electrons. The van der Waals surface area contributed by atoms with Crippen molar-refractivity contribution in [1.82, 2.24) is 9.88 Å². The van der Waals surface area contributed by atoms with E-state index in [1.807, 2.05) is 55.7 Å². The SMILES string of the molecule is CCC(CC(CC(C)(C)C(=O)OCCOCCOC)n1cc[n+](C)c1)C(=O)NC(C)(C)CS(=O)(=O)O. The summed E-state index contributed by atoms with van der Waals surface area (Å²) in [5.74, 6) is -1.69. The van der Waals surface area contributed by atoms with E-state index in [9.17, 15) is 22.6 Å². The maximum absolute atomic E-state index is 13.1. The number of rotatable bonds is 17. The summed E-state index contributed by atoms with van der Waals surface area (Å²) in [5, 5.41) is 2.75. The molecule has 0 radical (unpaired) electrons. The number of carbonyl (C=O) groups excluding carboxylic acids is 2. The Bertz CT molecular complexity index is 943. The van der Waals surface area contributed by atoms with Crippen LogP contribution in [0.3, 0.4) is 0 Å². The molecule has 0 bridgehead atoms. The molecule has 0 saturated heterocycles. The predicted molar refractivity (Wildman–Crippen MR) is 134 cm³/mol. The smallest absolute Gasteiger partial charge is 0.311 e. The molecule has 1 aromatic rings. The summed E-state index contributed by atoms with van der Waals surface area (Å²) in [6.45, 7) is 9.91. The fraction of sp³-hybridized carbons (Fsp3) is 0.792. The van der Waals surface area contributed by atoms with Gasteiger partial charge in [-0.15, -0.1) is 0 Å². The molecule has 0 fully saturated rings. The van der Waals surface area contributed by atoms with E-state index in [0.717, 1.165) is 0 Å². The Morgan fingerprint density at radius 2 is 1.78 bits per heavy atom. The van der Waals surface area contributed by atoms with Crippen molar-refractivity contribution in [1.29, 1.82) is 0 Å². The van der Waals surface area contributed by atoms with E-state index < -0.39 is 32.7 Å². The highest BCUT2D eigenvalue weighted by Crippen LogP contribution is 2.34. The first kappa shape index (κ1) is 32.0. The molecule has 1 aromatic heterocycles. The Morgan fingerprint density at radius 1 is 1.14 bits per heavy atom. The number of aromatic nitrogens is 2. The van der Waals surface area contributed by atoms with Gasteiger partial charge in [-0.1, -0.05) is 6.92 Å². The fourth-order valence-corrected chi connectivity index (χ4v) is 5.00. The van der Waals surface area contributed by atoms with Crippen LogP contribution >= 0.6 is 0 Å². The zero-order chi connectivity index (χ0) is 27.6. The van der Waals surface area contributed by atoms with E-state index in [1.54, 1.807) is 21.0 Å². The van der Waals surface area contributed by atoms with E-state index in [2.05, 4.69) is 5.32 Å². The normalized spacial score (nSPS) is 14.3. The predicted octanol–water partition coefficient (Wildman–Crippen LogP) is 1.68. The molecule has 0 saturated carbocycles. The lowest BCUT2D eigenvalue weighted by atomic mass is 9.82. The minimum atomic E-state index is -4.26. The lowest BCUT2D eigenvalue weighted by Gasteiger charge is -2.30. The van der Waals surface area contributed by atoms with Gasteiger partial charge in [-0.3, -0.25) is 14.1 Å². The van der Waals surface area contributed by atoms with Gasteiger partial charge in [0.05, 0.1) is 43.6 Å². The second-order valence-corrected chi connectivity index (χ2v) is 11.9. The topological polar surface area (TPSA) is 137 Å². The summed E-state index contributed by atoms with van der Waals surface area (Å²) in [5.41, 5.74) is -1.97. The number of hydrogen-bond donors (Lipinski definition) is 2. The van der Waals surface area contributed by atoms with Crippen LogP contribution in [0.1, 0.15) is 59.9 Å². The highest BCUT2D eigenvalue weighted by molar-refractivity contribution is 7.85.